The summed E-state index contributed by atoms with van der Waals surface area (Å²) in [5, 5.41) is 12.1. The van der Waals surface area contributed by atoms with Gasteiger partial charge in [0.15, 0.2) is 0 Å². The van der Waals surface area contributed by atoms with Crippen LogP contribution in [0.5, 0.6) is 5.75 Å². The minimum Gasteiger partial charge on any atom is -0.490 e. The van der Waals surface area contributed by atoms with Gasteiger partial charge in [-0.25, -0.2) is 4.98 Å². The van der Waals surface area contributed by atoms with Crippen LogP contribution >= 0.6 is 0 Å². The van der Waals surface area contributed by atoms with Gasteiger partial charge in [0.2, 0.25) is 5.91 Å². The number of carbonyl (C=O) groups excluding carboxylic acids is 1. The molecule has 140 valence electrons. The number of ether oxygens (including phenoxy) is 1. The summed E-state index contributed by atoms with van der Waals surface area (Å²) in [6, 6.07) is 11.1. The van der Waals surface area contributed by atoms with Crippen LogP contribution in [0.1, 0.15) is 32.8 Å². The molecule has 0 unspecified atom stereocenters. The fraction of sp³-hybridized carbons (Fsp3) is 0.286. The van der Waals surface area contributed by atoms with Crippen molar-refractivity contribution in [3.05, 3.63) is 54.2 Å². The topological polar surface area (TPSA) is 101 Å². The van der Waals surface area contributed by atoms with Gasteiger partial charge in [0.05, 0.1) is 11.1 Å². The maximum absolute atomic E-state index is 11.2. The highest BCUT2D eigenvalue weighted by Crippen LogP contribution is 2.28. The lowest BCUT2D eigenvalue weighted by atomic mass is 9.96. The largest absolute Gasteiger partial charge is 0.490 e. The maximum atomic E-state index is 11.2. The number of nitrogens with two attached hydrogens (primary N) is 1. The van der Waals surface area contributed by atoms with Crippen LogP contribution < -0.4 is 15.8 Å². The number of carbonyl (C=O) groups is 1. The van der Waals surface area contributed by atoms with Gasteiger partial charge in [-0.2, -0.15) is 5.26 Å². The van der Waals surface area contributed by atoms with E-state index in [-0.39, 0.29) is 12.5 Å². The van der Waals surface area contributed by atoms with Gasteiger partial charge in [0, 0.05) is 13.1 Å². The number of nitrogens with one attached hydrogen (secondary N) is 1. The smallest absolute Gasteiger partial charge is 0.222 e. The number of benzene rings is 1. The zero-order chi connectivity index (χ0) is 20.0. The summed E-state index contributed by atoms with van der Waals surface area (Å²) in [5.74, 6) is 0.744. The van der Waals surface area contributed by atoms with Crippen LogP contribution in [0.15, 0.2) is 48.7 Å². The molecule has 0 radical (unpaired) electrons. The van der Waals surface area contributed by atoms with Gasteiger partial charge in [-0.15, -0.1) is 6.58 Å². The Morgan fingerprint density at radius 1 is 1.33 bits per heavy atom. The number of hydrogen-bond donors (Lipinski definition) is 2. The molecule has 1 atom stereocenters. The van der Waals surface area contributed by atoms with E-state index in [1.54, 1.807) is 24.4 Å². The lowest BCUT2D eigenvalue weighted by Gasteiger charge is -2.25. The van der Waals surface area contributed by atoms with E-state index >= 15 is 0 Å². The van der Waals surface area contributed by atoms with Crippen LogP contribution in [0.25, 0.3) is 11.1 Å². The first kappa shape index (κ1) is 20.1. The Balaban J connectivity index is 2.23. The van der Waals surface area contributed by atoms with E-state index in [2.05, 4.69) is 22.9 Å². The maximum Gasteiger partial charge on any atom is 0.222 e. The first-order valence-electron chi connectivity index (χ1n) is 8.54. The zero-order valence-corrected chi connectivity index (χ0v) is 15.9. The van der Waals surface area contributed by atoms with Crippen LogP contribution in [0.2, 0.25) is 0 Å². The monoisotopic (exact) mass is 364 g/mol. The predicted molar refractivity (Wildman–Crippen MR) is 106 cm³/mol. The fourth-order valence-corrected chi connectivity index (χ4v) is 2.76. The minimum atomic E-state index is -0.560. The third-order valence-corrected chi connectivity index (χ3v) is 3.76. The van der Waals surface area contributed by atoms with Crippen LogP contribution in [0.4, 0.5) is 5.82 Å². The van der Waals surface area contributed by atoms with E-state index < -0.39 is 5.54 Å². The molecule has 0 saturated heterocycles. The van der Waals surface area contributed by atoms with Gasteiger partial charge in [-0.05, 0) is 55.7 Å². The molecule has 0 saturated carbocycles. The third kappa shape index (κ3) is 5.94. The van der Waals surface area contributed by atoms with Crippen molar-refractivity contribution in [1.29, 1.82) is 5.26 Å². The number of anilines is 1. The second kappa shape index (κ2) is 8.47. The van der Waals surface area contributed by atoms with Crippen LogP contribution in [-0.4, -0.2) is 23.0 Å². The van der Waals surface area contributed by atoms with E-state index in [0.717, 1.165) is 16.7 Å². The zero-order valence-electron chi connectivity index (χ0n) is 15.9. The molecule has 27 heavy (non-hydrogen) atoms. The second-order valence-corrected chi connectivity index (χ2v) is 7.01. The number of rotatable bonds is 7. The highest BCUT2D eigenvalue weighted by atomic mass is 16.5. The molecule has 2 rings (SSSR count). The Kier molecular flexibility index (Phi) is 6.32. The number of hydrogen-bond acceptors (Lipinski definition) is 5. The summed E-state index contributed by atoms with van der Waals surface area (Å²) >= 11 is 0. The number of amides is 1. The number of nitriles is 1. The molecular formula is C21H24N4O2. The number of nitrogens with zero attached hydrogens (tertiary/aromatic N) is 2. The molecule has 1 amide bonds. The highest BCUT2D eigenvalue weighted by molar-refractivity contribution is 5.88. The van der Waals surface area contributed by atoms with Crippen LogP contribution in [0.3, 0.4) is 0 Å². The normalized spacial score (nSPS) is 12.6. The van der Waals surface area contributed by atoms with Crippen LogP contribution in [0, 0.1) is 11.3 Å². The molecule has 1 heterocycles. The van der Waals surface area contributed by atoms with Gasteiger partial charge in [-0.3, -0.25) is 4.79 Å². The van der Waals surface area contributed by atoms with Crippen molar-refractivity contribution in [3.63, 3.8) is 0 Å². The standard InChI is InChI=1S/C21H24N4O2/c1-14(2)11-21(4,23)13-27-19-6-5-16(9-18(19)12-22)17-7-8-24-20(10-17)25-15(3)26/h5-10H,1,11,13,23H2,2-4H3,(H,24,25,26)/t21-/m0/s1. The molecule has 3 N–H and O–H groups in total. The average Bonchev–Trinajstić information content (AvgIpc) is 2.58. The molecule has 0 spiro atoms. The summed E-state index contributed by atoms with van der Waals surface area (Å²) < 4.78 is 5.80. The molecule has 0 fully saturated rings. The van der Waals surface area contributed by atoms with E-state index in [0.29, 0.717) is 23.6 Å². The Morgan fingerprint density at radius 3 is 2.67 bits per heavy atom. The van der Waals surface area contributed by atoms with E-state index in [1.807, 2.05) is 26.0 Å². The second-order valence-electron chi connectivity index (χ2n) is 7.01. The Bertz CT molecular complexity index is 897. The SMILES string of the molecule is C=C(C)C[C@](C)(N)COc1ccc(-c2ccnc(NC(C)=O)c2)cc1C#N. The minimum absolute atomic E-state index is 0.194. The molecule has 0 aliphatic heterocycles. The molecular weight excluding hydrogens is 340 g/mol. The van der Waals surface area contributed by atoms with Crippen molar-refractivity contribution in [1.82, 2.24) is 4.98 Å². The van der Waals surface area contributed by atoms with Gasteiger partial charge in [-0.1, -0.05) is 11.6 Å². The summed E-state index contributed by atoms with van der Waals surface area (Å²) in [5.41, 5.74) is 8.72. The summed E-state index contributed by atoms with van der Waals surface area (Å²) in [4.78, 5) is 15.3. The molecule has 6 nitrogen and oxygen atoms in total. The Labute approximate surface area is 159 Å². The molecule has 2 aromatic rings. The van der Waals surface area contributed by atoms with Crippen molar-refractivity contribution in [3.8, 4) is 22.9 Å². The van der Waals surface area contributed by atoms with Crippen LogP contribution in [-0.2, 0) is 4.79 Å². The molecule has 1 aromatic heterocycles. The molecule has 0 bridgehead atoms. The van der Waals surface area contributed by atoms with Crippen molar-refractivity contribution in [2.45, 2.75) is 32.7 Å². The molecule has 6 heteroatoms. The van der Waals surface area contributed by atoms with E-state index in [4.69, 9.17) is 10.5 Å². The number of aromatic nitrogens is 1. The van der Waals surface area contributed by atoms with E-state index in [9.17, 15) is 10.1 Å². The molecule has 0 aliphatic carbocycles. The third-order valence-electron chi connectivity index (χ3n) is 3.76. The van der Waals surface area contributed by atoms with Gasteiger partial charge in [0.25, 0.3) is 0 Å². The lowest BCUT2D eigenvalue weighted by molar-refractivity contribution is -0.114. The van der Waals surface area contributed by atoms with Crippen molar-refractivity contribution < 1.29 is 9.53 Å². The number of pyridine rings is 1. The first-order valence-corrected chi connectivity index (χ1v) is 8.54. The first-order chi connectivity index (χ1) is 12.7. The van der Waals surface area contributed by atoms with Gasteiger partial charge in [0.1, 0.15) is 24.2 Å². The van der Waals surface area contributed by atoms with E-state index in [1.165, 1.54) is 6.92 Å². The fourth-order valence-electron chi connectivity index (χ4n) is 2.76. The Morgan fingerprint density at radius 2 is 2.04 bits per heavy atom. The molecule has 1 aromatic carbocycles. The Hall–Kier alpha value is -3.17. The average molecular weight is 364 g/mol. The van der Waals surface area contributed by atoms with Gasteiger partial charge < -0.3 is 15.8 Å². The summed E-state index contributed by atoms with van der Waals surface area (Å²) in [7, 11) is 0. The molecule has 0 aliphatic rings. The lowest BCUT2D eigenvalue weighted by Crippen LogP contribution is -2.42. The van der Waals surface area contributed by atoms with Crippen molar-refractivity contribution >= 4 is 11.7 Å². The quantitative estimate of drug-likeness (QED) is 0.730. The summed E-state index contributed by atoms with van der Waals surface area (Å²) in [6.45, 7) is 9.39. The van der Waals surface area contributed by atoms with Crippen molar-refractivity contribution in [2.24, 2.45) is 5.73 Å². The van der Waals surface area contributed by atoms with Gasteiger partial charge >= 0.3 is 0 Å². The highest BCUT2D eigenvalue weighted by Gasteiger charge is 2.20. The van der Waals surface area contributed by atoms with Crippen molar-refractivity contribution in [2.75, 3.05) is 11.9 Å². The summed E-state index contributed by atoms with van der Waals surface area (Å²) in [6.07, 6.45) is 2.24. The predicted octanol–water partition coefficient (Wildman–Crippen LogP) is 3.64.